The van der Waals surface area contributed by atoms with Crippen LogP contribution in [-0.2, 0) is 33.7 Å². The van der Waals surface area contributed by atoms with Crippen LogP contribution in [0.1, 0.15) is 38.2 Å². The third-order valence-corrected chi connectivity index (χ3v) is 5.88. The van der Waals surface area contributed by atoms with Crippen molar-refractivity contribution >= 4 is 28.3 Å². The molecule has 1 aliphatic heterocycles. The normalized spacial score (nSPS) is 15.4. The Labute approximate surface area is 175 Å². The molecule has 2 aromatic rings. The monoisotopic (exact) mass is 419 g/mol. The van der Waals surface area contributed by atoms with Gasteiger partial charge < -0.3 is 14.6 Å². The highest BCUT2D eigenvalue weighted by Crippen LogP contribution is 2.20. The van der Waals surface area contributed by atoms with Crippen molar-refractivity contribution in [3.63, 3.8) is 0 Å². The number of piperidine rings is 1. The maximum atomic E-state index is 12.3. The summed E-state index contributed by atoms with van der Waals surface area (Å²) >= 11 is 1.33. The van der Waals surface area contributed by atoms with Crippen LogP contribution in [0.2, 0.25) is 0 Å². The van der Waals surface area contributed by atoms with E-state index >= 15 is 0 Å². The number of aromatic nitrogens is 3. The van der Waals surface area contributed by atoms with Gasteiger partial charge in [0.25, 0.3) is 0 Å². The maximum absolute atomic E-state index is 12.3. The van der Waals surface area contributed by atoms with Crippen LogP contribution in [0, 0.1) is 5.92 Å². The molecule has 9 heteroatoms. The van der Waals surface area contributed by atoms with Gasteiger partial charge in [0.05, 0.1) is 25.3 Å². The van der Waals surface area contributed by atoms with Crippen molar-refractivity contribution in [2.24, 2.45) is 5.92 Å². The second kappa shape index (κ2) is 10.5. The van der Waals surface area contributed by atoms with E-state index in [0.29, 0.717) is 29.9 Å². The van der Waals surface area contributed by atoms with E-state index in [4.69, 9.17) is 4.74 Å². The van der Waals surface area contributed by atoms with Crippen LogP contribution < -0.4 is 5.32 Å². The second-order valence-corrected chi connectivity index (χ2v) is 8.10. The largest absolute Gasteiger partial charge is 0.466 e. The third-order valence-electron chi connectivity index (χ3n) is 5.08. The fourth-order valence-electron chi connectivity index (χ4n) is 3.59. The quantitative estimate of drug-likeness (QED) is 0.628. The van der Waals surface area contributed by atoms with Crippen LogP contribution in [0.5, 0.6) is 0 Å². The molecule has 0 unspecified atom stereocenters. The number of ether oxygens (including phenoxy) is 1. The molecule has 0 aliphatic carbocycles. The van der Waals surface area contributed by atoms with E-state index in [2.05, 4.69) is 37.9 Å². The van der Waals surface area contributed by atoms with Crippen LogP contribution >= 0.6 is 11.3 Å². The number of aryl methyl sites for hydroxylation is 1. The number of likely N-dealkylation sites (tertiary alicyclic amines) is 1. The number of imidazole rings is 1. The Kier molecular flexibility index (Phi) is 7.76. The predicted octanol–water partition coefficient (Wildman–Crippen LogP) is 2.36. The lowest BCUT2D eigenvalue weighted by atomic mass is 9.96. The lowest BCUT2D eigenvalue weighted by Crippen LogP contribution is -2.40. The van der Waals surface area contributed by atoms with E-state index in [-0.39, 0.29) is 18.3 Å². The molecule has 2 aromatic heterocycles. The average molecular weight is 420 g/mol. The van der Waals surface area contributed by atoms with E-state index in [1.165, 1.54) is 11.3 Å². The van der Waals surface area contributed by atoms with Crippen molar-refractivity contribution < 1.29 is 14.3 Å². The fraction of sp³-hybridized carbons (Fsp3) is 0.600. The summed E-state index contributed by atoms with van der Waals surface area (Å²) < 4.78 is 7.17. The Balaban J connectivity index is 1.40. The van der Waals surface area contributed by atoms with Gasteiger partial charge in [-0.3, -0.25) is 14.5 Å². The highest BCUT2D eigenvalue weighted by molar-refractivity contribution is 7.13. The minimum absolute atomic E-state index is 0.0663. The summed E-state index contributed by atoms with van der Waals surface area (Å²) in [7, 11) is 0. The standard InChI is InChI=1S/C20H29N5O3S/c1-3-17-21-7-10-25(17)12-15-5-8-24(9-6-15)13-18(26)23-20-22-16(14-29-20)11-19(27)28-4-2/h7,10,14-15H,3-6,8-9,11-13H2,1-2H3,(H,22,23,26). The van der Waals surface area contributed by atoms with E-state index < -0.39 is 0 Å². The van der Waals surface area contributed by atoms with Gasteiger partial charge in [-0.15, -0.1) is 11.3 Å². The zero-order valence-electron chi connectivity index (χ0n) is 17.1. The summed E-state index contributed by atoms with van der Waals surface area (Å²) in [6.45, 7) is 7.46. The van der Waals surface area contributed by atoms with Gasteiger partial charge in [-0.2, -0.15) is 0 Å². The molecule has 1 N–H and O–H groups in total. The summed E-state index contributed by atoms with van der Waals surface area (Å²) in [5.41, 5.74) is 0.621. The SMILES string of the molecule is CCOC(=O)Cc1csc(NC(=O)CN2CCC(Cn3ccnc3CC)CC2)n1. The van der Waals surface area contributed by atoms with Crippen LogP contribution in [0.4, 0.5) is 5.13 Å². The first-order valence-corrected chi connectivity index (χ1v) is 11.1. The van der Waals surface area contributed by atoms with Gasteiger partial charge in [0.2, 0.25) is 5.91 Å². The number of thiazole rings is 1. The summed E-state index contributed by atoms with van der Waals surface area (Å²) in [5, 5.41) is 5.14. The van der Waals surface area contributed by atoms with Crippen molar-refractivity contribution in [1.82, 2.24) is 19.4 Å². The first-order chi connectivity index (χ1) is 14.1. The van der Waals surface area contributed by atoms with Gasteiger partial charge in [-0.1, -0.05) is 6.92 Å². The molecular formula is C20H29N5O3S. The minimum atomic E-state index is -0.305. The molecular weight excluding hydrogens is 390 g/mol. The zero-order valence-corrected chi connectivity index (χ0v) is 17.9. The van der Waals surface area contributed by atoms with Crippen molar-refractivity contribution in [2.45, 2.75) is 46.1 Å². The molecule has 29 heavy (non-hydrogen) atoms. The molecule has 1 fully saturated rings. The number of hydrogen-bond donors (Lipinski definition) is 1. The van der Waals surface area contributed by atoms with Crippen molar-refractivity contribution in [1.29, 1.82) is 0 Å². The number of nitrogens with zero attached hydrogens (tertiary/aromatic N) is 4. The van der Waals surface area contributed by atoms with Gasteiger partial charge in [0.1, 0.15) is 5.82 Å². The number of hydrogen-bond acceptors (Lipinski definition) is 7. The molecule has 158 valence electrons. The number of carbonyl (C=O) groups is 2. The second-order valence-electron chi connectivity index (χ2n) is 7.24. The van der Waals surface area contributed by atoms with E-state index in [0.717, 1.165) is 44.7 Å². The number of anilines is 1. The summed E-state index contributed by atoms with van der Waals surface area (Å²) in [4.78, 5) is 34.7. The molecule has 3 heterocycles. The zero-order chi connectivity index (χ0) is 20.6. The highest BCUT2D eigenvalue weighted by atomic mass is 32.1. The predicted molar refractivity (Wildman–Crippen MR) is 112 cm³/mol. The van der Waals surface area contributed by atoms with Crippen molar-refractivity contribution in [2.75, 3.05) is 31.6 Å². The Bertz CT molecular complexity index is 811. The average Bonchev–Trinajstić information content (AvgIpc) is 3.32. The molecule has 0 radical (unpaired) electrons. The minimum Gasteiger partial charge on any atom is -0.466 e. The lowest BCUT2D eigenvalue weighted by molar-refractivity contribution is -0.142. The van der Waals surface area contributed by atoms with Gasteiger partial charge >= 0.3 is 5.97 Å². The Morgan fingerprint density at radius 3 is 2.83 bits per heavy atom. The van der Waals surface area contributed by atoms with Crippen LogP contribution in [0.25, 0.3) is 0 Å². The lowest BCUT2D eigenvalue weighted by Gasteiger charge is -2.31. The van der Waals surface area contributed by atoms with E-state index in [1.54, 1.807) is 12.3 Å². The first kappa shape index (κ1) is 21.4. The molecule has 1 amide bonds. The van der Waals surface area contributed by atoms with Gasteiger partial charge in [-0.05, 0) is 38.8 Å². The number of carbonyl (C=O) groups excluding carboxylic acids is 2. The van der Waals surface area contributed by atoms with Gasteiger partial charge in [-0.25, -0.2) is 9.97 Å². The van der Waals surface area contributed by atoms with Gasteiger partial charge in [0, 0.05) is 30.7 Å². The molecule has 0 bridgehead atoms. The highest BCUT2D eigenvalue weighted by Gasteiger charge is 2.22. The Morgan fingerprint density at radius 1 is 1.31 bits per heavy atom. The summed E-state index contributed by atoms with van der Waals surface area (Å²) in [6.07, 6.45) is 7.16. The van der Waals surface area contributed by atoms with Crippen LogP contribution in [0.3, 0.4) is 0 Å². The van der Waals surface area contributed by atoms with Crippen molar-refractivity contribution in [3.05, 3.63) is 29.3 Å². The molecule has 0 atom stereocenters. The third kappa shape index (κ3) is 6.37. The first-order valence-electron chi connectivity index (χ1n) is 10.2. The number of rotatable bonds is 9. The Hall–Kier alpha value is -2.26. The molecule has 0 spiro atoms. The molecule has 1 aliphatic rings. The van der Waals surface area contributed by atoms with Gasteiger partial charge in [0.15, 0.2) is 5.13 Å². The molecule has 1 saturated heterocycles. The van der Waals surface area contributed by atoms with E-state index in [9.17, 15) is 9.59 Å². The smallest absolute Gasteiger partial charge is 0.311 e. The molecule has 3 rings (SSSR count). The van der Waals surface area contributed by atoms with Crippen LogP contribution in [0.15, 0.2) is 17.8 Å². The molecule has 0 aromatic carbocycles. The number of nitrogens with one attached hydrogen (secondary N) is 1. The molecule has 0 saturated carbocycles. The molecule has 8 nitrogen and oxygen atoms in total. The van der Waals surface area contributed by atoms with Crippen LogP contribution in [-0.4, -0.2) is 57.6 Å². The fourth-order valence-corrected chi connectivity index (χ4v) is 4.32. The Morgan fingerprint density at radius 2 is 2.10 bits per heavy atom. The van der Waals surface area contributed by atoms with E-state index in [1.807, 2.05) is 6.20 Å². The number of esters is 1. The summed E-state index contributed by atoms with van der Waals surface area (Å²) in [5.74, 6) is 1.39. The summed E-state index contributed by atoms with van der Waals surface area (Å²) in [6, 6.07) is 0. The maximum Gasteiger partial charge on any atom is 0.311 e. The topological polar surface area (TPSA) is 89.4 Å². The number of amides is 1. The van der Waals surface area contributed by atoms with Crippen molar-refractivity contribution in [3.8, 4) is 0 Å².